The van der Waals surface area contributed by atoms with Gasteiger partial charge in [-0.05, 0) is 96.5 Å². The molecule has 9 rings (SSSR count). The average Bonchev–Trinajstić information content (AvgIpc) is 3.97. The minimum Gasteiger partial charge on any atom is -1.00 e. The van der Waals surface area contributed by atoms with Crippen molar-refractivity contribution in [1.29, 1.82) is 0 Å². The van der Waals surface area contributed by atoms with Gasteiger partial charge in [0.1, 0.15) is 0 Å². The van der Waals surface area contributed by atoms with Gasteiger partial charge >= 0.3 is 42.1 Å². The van der Waals surface area contributed by atoms with Crippen molar-refractivity contribution >= 4 is 23.5 Å². The molecule has 0 aliphatic carbocycles. The molecule has 334 valence electrons. The number of pyridine rings is 2. The van der Waals surface area contributed by atoms with Gasteiger partial charge in [-0.3, -0.25) is 9.97 Å². The molecule has 4 nitrogen and oxygen atoms in total. The van der Waals surface area contributed by atoms with Crippen molar-refractivity contribution in [3.63, 3.8) is 0 Å². The fourth-order valence-corrected chi connectivity index (χ4v) is 6.06. The second-order valence-corrected chi connectivity index (χ2v) is 15.3. The number of aryl methyl sites for hydroxylation is 2. The van der Waals surface area contributed by atoms with Gasteiger partial charge < -0.3 is 34.8 Å². The van der Waals surface area contributed by atoms with Gasteiger partial charge in [0.15, 0.2) is 0 Å². The Morgan fingerprint density at radius 3 is 0.891 bits per heavy atom. The van der Waals surface area contributed by atoms with Gasteiger partial charge in [-0.1, -0.05) is 181 Å². The summed E-state index contributed by atoms with van der Waals surface area (Å²) in [7, 11) is 0. The summed E-state index contributed by atoms with van der Waals surface area (Å²) in [6.07, 6.45) is 11.8. The van der Waals surface area contributed by atoms with Crippen LogP contribution in [0.25, 0.3) is 67.5 Å². The molecule has 0 amide bonds. The van der Waals surface area contributed by atoms with E-state index in [9.17, 15) is 0 Å². The van der Waals surface area contributed by atoms with Crippen LogP contribution in [-0.4, -0.2) is 35.0 Å². The second-order valence-electron chi connectivity index (χ2n) is 13.7. The van der Waals surface area contributed by atoms with Crippen LogP contribution in [0.3, 0.4) is 0 Å². The third kappa shape index (κ3) is 17.9. The van der Waals surface area contributed by atoms with Gasteiger partial charge in [-0.15, -0.1) is 22.8 Å². The molecule has 0 spiro atoms. The van der Waals surface area contributed by atoms with Gasteiger partial charge in [0.2, 0.25) is 0 Å². The molecule has 0 aliphatic heterocycles. The Bertz CT molecular complexity index is 2230. The molecule has 0 unspecified atom stereocenters. The zero-order valence-electron chi connectivity index (χ0n) is 36.6. The maximum Gasteiger partial charge on any atom is 2.00 e. The predicted octanol–water partition coefficient (Wildman–Crippen LogP) is 8.34. The first-order chi connectivity index (χ1) is 29.4. The first kappa shape index (κ1) is 57.6. The van der Waals surface area contributed by atoms with E-state index in [4.69, 9.17) is 9.97 Å². The number of benzene rings is 5. The fraction of sp³-hybridized carbons (Fsp3) is 0.111. The first-order valence-corrected chi connectivity index (χ1v) is 23.0. The van der Waals surface area contributed by atoms with Crippen molar-refractivity contribution < 1.29 is 66.9 Å². The summed E-state index contributed by atoms with van der Waals surface area (Å²) in [5.41, 5.74) is 15.0. The third-order valence-corrected chi connectivity index (χ3v) is 8.88. The van der Waals surface area contributed by atoms with Gasteiger partial charge in [0, 0.05) is 23.8 Å². The molecule has 0 radical (unpaired) electrons. The molecule has 0 saturated carbocycles. The number of nitrogens with zero attached hydrogens (tertiary/aromatic N) is 4. The number of rotatable bonds is 6. The van der Waals surface area contributed by atoms with Crippen molar-refractivity contribution in [2.75, 3.05) is 25.0 Å². The van der Waals surface area contributed by atoms with Crippen LogP contribution < -0.4 is 34.8 Å². The monoisotopic (exact) mass is 1280 g/mol. The number of hydrogen-bond acceptors (Lipinski definition) is 4. The van der Waals surface area contributed by atoms with E-state index in [1.807, 2.05) is 134 Å². The molecule has 0 atom stereocenters. The second kappa shape index (κ2) is 32.3. The van der Waals surface area contributed by atoms with Crippen LogP contribution in [0.2, 0.25) is 0 Å². The summed E-state index contributed by atoms with van der Waals surface area (Å²) in [5.74, 6) is 0. The number of aromatic nitrogens is 4. The van der Waals surface area contributed by atoms with E-state index in [0.717, 1.165) is 67.5 Å². The molecular formula is C54H52Cl2N4Pt2S2. The van der Waals surface area contributed by atoms with Gasteiger partial charge in [-0.2, -0.15) is 23.5 Å². The molecule has 0 N–H and O–H groups in total. The van der Waals surface area contributed by atoms with Crippen molar-refractivity contribution in [2.24, 2.45) is 0 Å². The van der Waals surface area contributed by atoms with Crippen molar-refractivity contribution in [2.45, 2.75) is 13.8 Å². The Morgan fingerprint density at radius 1 is 0.359 bits per heavy atom. The van der Waals surface area contributed by atoms with Crippen LogP contribution in [0.4, 0.5) is 0 Å². The quantitative estimate of drug-likeness (QED) is 0.167. The van der Waals surface area contributed by atoms with Gasteiger partial charge in [0.25, 0.3) is 0 Å². The molecule has 0 aliphatic rings. The molecule has 0 bridgehead atoms. The zero-order chi connectivity index (χ0) is 42.4. The maximum atomic E-state index is 4.86. The van der Waals surface area contributed by atoms with E-state index in [-0.39, 0.29) is 66.9 Å². The molecule has 4 aromatic heterocycles. The van der Waals surface area contributed by atoms with Gasteiger partial charge in [-0.25, -0.2) is 0 Å². The minimum atomic E-state index is 0. The molecule has 9 aromatic rings. The summed E-state index contributed by atoms with van der Waals surface area (Å²) in [6, 6.07) is 65.8. The first-order valence-electron chi connectivity index (χ1n) is 19.7. The van der Waals surface area contributed by atoms with E-state index >= 15 is 0 Å². The van der Waals surface area contributed by atoms with E-state index in [2.05, 4.69) is 109 Å². The average molecular weight is 1280 g/mol. The molecule has 64 heavy (non-hydrogen) atoms. The maximum absolute atomic E-state index is 4.86. The molecule has 4 heterocycles. The fourth-order valence-electron chi connectivity index (χ4n) is 6.06. The topological polar surface area (TPSA) is 54.0 Å². The SMILES string of the molecule is CSC.CSC.Cc1ccc(C)cc1.[Cl-].[Cl-].[Pt+2].[Pt+2].c1ccc(-c2cc(-c3ccccc3)c(-c3ccccn3)[n-]2)cc1.c1ccc(-c2cc(-c3ccccc3)c(-c3ccccn3)[n-]2)cc1. The van der Waals surface area contributed by atoms with E-state index in [1.54, 1.807) is 35.9 Å². The van der Waals surface area contributed by atoms with Gasteiger partial charge in [0.05, 0.1) is 0 Å². The van der Waals surface area contributed by atoms with Crippen molar-refractivity contribution in [3.8, 4) is 67.5 Å². The molecule has 10 heteroatoms. The largest absolute Gasteiger partial charge is 2.00 e. The Labute approximate surface area is 430 Å². The smallest absolute Gasteiger partial charge is 1.00 e. The van der Waals surface area contributed by atoms with Crippen LogP contribution >= 0.6 is 23.5 Å². The molecule has 0 saturated heterocycles. The van der Waals surface area contributed by atoms with E-state index in [0.29, 0.717) is 0 Å². The summed E-state index contributed by atoms with van der Waals surface area (Å²) in [4.78, 5) is 18.7. The molecular weight excluding hydrogens is 1230 g/mol. The van der Waals surface area contributed by atoms with Crippen LogP contribution in [0.5, 0.6) is 0 Å². The summed E-state index contributed by atoms with van der Waals surface area (Å²) < 4.78 is 0. The van der Waals surface area contributed by atoms with Crippen LogP contribution in [0.1, 0.15) is 11.1 Å². The van der Waals surface area contributed by atoms with Crippen LogP contribution in [0.15, 0.2) is 207 Å². The Hall–Kier alpha value is -4.38. The van der Waals surface area contributed by atoms with Crippen molar-refractivity contribution in [3.05, 3.63) is 218 Å². The Morgan fingerprint density at radius 2 is 0.625 bits per heavy atom. The van der Waals surface area contributed by atoms with E-state index < -0.39 is 0 Å². The predicted molar refractivity (Wildman–Crippen MR) is 263 cm³/mol. The zero-order valence-corrected chi connectivity index (χ0v) is 44.3. The van der Waals surface area contributed by atoms with E-state index in [1.165, 1.54) is 11.1 Å². The van der Waals surface area contributed by atoms with Crippen LogP contribution in [0, 0.1) is 13.8 Å². The Kier molecular flexibility index (Phi) is 29.1. The number of hydrogen-bond donors (Lipinski definition) is 0. The van der Waals surface area contributed by atoms with Crippen LogP contribution in [-0.2, 0) is 42.1 Å². The minimum absolute atomic E-state index is 0. The summed E-state index contributed by atoms with van der Waals surface area (Å²) >= 11 is 3.50. The standard InChI is InChI=1S/2C21H15N2.C8H10.2C2H6S.2ClH.2Pt/c2*1-3-9-16(10-4-1)18-15-20(17-11-5-2-6-12-17)23-21(18)19-13-7-8-14-22-19;1-7-3-5-8(2)6-4-7;2*1-3-2;;;;/h2*1-15H;3-6H,1-2H3;2*1-2H3;2*1H;;/q2*-1;;;;;;2*+2/p-2. The molecule has 0 fully saturated rings. The summed E-state index contributed by atoms with van der Waals surface area (Å²) in [5, 5.41) is 0. The normalized spacial score (nSPS) is 9.34. The number of halogens is 2. The Balaban J connectivity index is 0.000000473. The summed E-state index contributed by atoms with van der Waals surface area (Å²) in [6.45, 7) is 4.19. The molecule has 5 aromatic carbocycles. The third-order valence-electron chi connectivity index (χ3n) is 8.88. The van der Waals surface area contributed by atoms with Crippen molar-refractivity contribution in [1.82, 2.24) is 19.9 Å². The number of thioether (sulfide) groups is 2.